The predicted octanol–water partition coefficient (Wildman–Crippen LogP) is 8.09. The van der Waals surface area contributed by atoms with Crippen molar-refractivity contribution in [3.05, 3.63) is 105 Å². The number of rotatable bonds is 8. The number of hydrogen-bond donors (Lipinski definition) is 0. The maximum absolute atomic E-state index is 14.2. The van der Waals surface area contributed by atoms with Crippen molar-refractivity contribution >= 4 is 58.3 Å². The lowest BCUT2D eigenvalue weighted by molar-refractivity contribution is 0.617. The minimum Gasteiger partial charge on any atom is -0.273 e. The molecule has 4 aromatic rings. The second-order valence-electron chi connectivity index (χ2n) is 6.75. The molecule has 1 aromatic heterocycles. The molecular formula is C23H17Cl3FN3S2. The molecule has 32 heavy (non-hydrogen) atoms. The van der Waals surface area contributed by atoms with E-state index >= 15 is 0 Å². The molecule has 0 saturated heterocycles. The fourth-order valence-electron chi connectivity index (χ4n) is 3.05. The van der Waals surface area contributed by atoms with Crippen LogP contribution in [0.5, 0.6) is 0 Å². The van der Waals surface area contributed by atoms with Crippen LogP contribution < -0.4 is 0 Å². The standard InChI is InChI=1S/C23H17Cl3FN3S2/c24-18-8-4-9-19(25)16(18)12-31-14-22-28-29-23(30(22)15-6-2-1-3-7-15)32-13-17-20(26)10-5-11-21(17)27/h1-11H,12-14H2. The number of aromatic nitrogens is 3. The van der Waals surface area contributed by atoms with Crippen LogP contribution in [0.4, 0.5) is 4.39 Å². The molecule has 3 aromatic carbocycles. The summed E-state index contributed by atoms with van der Waals surface area (Å²) in [6.45, 7) is 0. The minimum atomic E-state index is -0.330. The van der Waals surface area contributed by atoms with Crippen molar-refractivity contribution in [1.29, 1.82) is 0 Å². The van der Waals surface area contributed by atoms with Gasteiger partial charge in [-0.25, -0.2) is 4.39 Å². The number of nitrogens with zero attached hydrogens (tertiary/aromatic N) is 3. The predicted molar refractivity (Wildman–Crippen MR) is 134 cm³/mol. The Morgan fingerprint density at radius 3 is 2.06 bits per heavy atom. The molecule has 3 nitrogen and oxygen atoms in total. The van der Waals surface area contributed by atoms with E-state index in [9.17, 15) is 4.39 Å². The monoisotopic (exact) mass is 523 g/mol. The van der Waals surface area contributed by atoms with Crippen LogP contribution in [0.1, 0.15) is 17.0 Å². The highest BCUT2D eigenvalue weighted by Crippen LogP contribution is 2.32. The van der Waals surface area contributed by atoms with Crippen LogP contribution in [0, 0.1) is 5.82 Å². The number of benzene rings is 3. The van der Waals surface area contributed by atoms with Crippen molar-refractivity contribution in [1.82, 2.24) is 14.8 Å². The van der Waals surface area contributed by atoms with Gasteiger partial charge in [-0.3, -0.25) is 4.57 Å². The van der Waals surface area contributed by atoms with Gasteiger partial charge in [0.15, 0.2) is 5.16 Å². The summed E-state index contributed by atoms with van der Waals surface area (Å²) < 4.78 is 16.2. The first kappa shape index (κ1) is 23.5. The van der Waals surface area contributed by atoms with E-state index in [0.717, 1.165) is 17.1 Å². The number of halogens is 4. The molecule has 0 N–H and O–H groups in total. The molecule has 0 radical (unpaired) electrons. The number of thioether (sulfide) groups is 2. The van der Waals surface area contributed by atoms with Gasteiger partial charge in [0.2, 0.25) is 0 Å². The molecule has 4 rings (SSSR count). The summed E-state index contributed by atoms with van der Waals surface area (Å²) in [6, 6.07) is 20.0. The summed E-state index contributed by atoms with van der Waals surface area (Å²) in [7, 11) is 0. The van der Waals surface area contributed by atoms with E-state index in [4.69, 9.17) is 34.8 Å². The Hall–Kier alpha value is -1.70. The second-order valence-corrected chi connectivity index (χ2v) is 9.90. The Labute approximate surface area is 209 Å². The molecule has 1 heterocycles. The zero-order chi connectivity index (χ0) is 22.5. The van der Waals surface area contributed by atoms with Gasteiger partial charge < -0.3 is 0 Å². The van der Waals surface area contributed by atoms with Gasteiger partial charge >= 0.3 is 0 Å². The Morgan fingerprint density at radius 1 is 0.719 bits per heavy atom. The summed E-state index contributed by atoms with van der Waals surface area (Å²) in [5, 5.41) is 11.1. The zero-order valence-electron chi connectivity index (χ0n) is 16.6. The first-order valence-electron chi connectivity index (χ1n) is 9.60. The van der Waals surface area contributed by atoms with E-state index in [1.807, 2.05) is 53.1 Å². The highest BCUT2D eigenvalue weighted by molar-refractivity contribution is 7.98. The van der Waals surface area contributed by atoms with Crippen LogP contribution in [-0.4, -0.2) is 14.8 Å². The lowest BCUT2D eigenvalue weighted by atomic mass is 10.2. The van der Waals surface area contributed by atoms with E-state index < -0.39 is 0 Å². The van der Waals surface area contributed by atoms with Gasteiger partial charge in [0, 0.05) is 37.8 Å². The van der Waals surface area contributed by atoms with Gasteiger partial charge in [-0.2, -0.15) is 0 Å². The SMILES string of the molecule is Fc1cccc(Cl)c1CSc1nnc(CSCc2c(Cl)cccc2Cl)n1-c1ccccc1. The molecule has 9 heteroatoms. The Balaban J connectivity index is 1.56. The van der Waals surface area contributed by atoms with Crippen molar-refractivity contribution in [2.45, 2.75) is 22.4 Å². The second kappa shape index (κ2) is 10.9. The molecule has 0 bridgehead atoms. The maximum Gasteiger partial charge on any atom is 0.196 e. The molecule has 0 aliphatic carbocycles. The third kappa shape index (κ3) is 5.43. The summed E-state index contributed by atoms with van der Waals surface area (Å²) in [5.41, 5.74) is 2.28. The Morgan fingerprint density at radius 2 is 1.38 bits per heavy atom. The van der Waals surface area contributed by atoms with Crippen molar-refractivity contribution < 1.29 is 4.39 Å². The normalized spacial score (nSPS) is 11.1. The van der Waals surface area contributed by atoms with Crippen molar-refractivity contribution in [2.75, 3.05) is 0 Å². The van der Waals surface area contributed by atoms with Crippen molar-refractivity contribution in [3.63, 3.8) is 0 Å². The fraction of sp³-hybridized carbons (Fsp3) is 0.130. The summed E-state index contributed by atoms with van der Waals surface area (Å²) in [4.78, 5) is 0. The van der Waals surface area contributed by atoms with Crippen LogP contribution in [0.15, 0.2) is 71.9 Å². The Bertz CT molecular complexity index is 1180. The molecule has 0 aliphatic heterocycles. The molecule has 0 atom stereocenters. The zero-order valence-corrected chi connectivity index (χ0v) is 20.5. The molecule has 0 spiro atoms. The van der Waals surface area contributed by atoms with Crippen LogP contribution in [0.25, 0.3) is 5.69 Å². The van der Waals surface area contributed by atoms with Gasteiger partial charge in [0.25, 0.3) is 0 Å². The lowest BCUT2D eigenvalue weighted by Gasteiger charge is -2.11. The molecule has 0 amide bonds. The van der Waals surface area contributed by atoms with E-state index in [1.165, 1.54) is 17.8 Å². The average Bonchev–Trinajstić information content (AvgIpc) is 3.19. The van der Waals surface area contributed by atoms with Gasteiger partial charge in [-0.15, -0.1) is 22.0 Å². The van der Waals surface area contributed by atoms with E-state index in [2.05, 4.69) is 10.2 Å². The highest BCUT2D eigenvalue weighted by Gasteiger charge is 2.17. The first-order valence-corrected chi connectivity index (χ1v) is 12.9. The molecule has 0 fully saturated rings. The van der Waals surface area contributed by atoms with Crippen LogP contribution in [-0.2, 0) is 17.3 Å². The van der Waals surface area contributed by atoms with Gasteiger partial charge in [0.1, 0.15) is 11.6 Å². The molecular weight excluding hydrogens is 508 g/mol. The van der Waals surface area contributed by atoms with Crippen molar-refractivity contribution in [3.8, 4) is 5.69 Å². The van der Waals surface area contributed by atoms with Crippen LogP contribution >= 0.6 is 58.3 Å². The van der Waals surface area contributed by atoms with E-state index in [-0.39, 0.29) is 5.82 Å². The first-order chi connectivity index (χ1) is 15.5. The smallest absolute Gasteiger partial charge is 0.196 e. The number of para-hydroxylation sites is 1. The van der Waals surface area contributed by atoms with Gasteiger partial charge in [-0.1, -0.05) is 76.9 Å². The van der Waals surface area contributed by atoms with Crippen LogP contribution in [0.3, 0.4) is 0 Å². The summed E-state index contributed by atoms with van der Waals surface area (Å²) in [6.07, 6.45) is 0. The maximum atomic E-state index is 14.2. The van der Waals surface area contributed by atoms with Crippen LogP contribution in [0.2, 0.25) is 15.1 Å². The fourth-order valence-corrected chi connectivity index (χ4v) is 6.04. The number of hydrogen-bond acceptors (Lipinski definition) is 4. The largest absolute Gasteiger partial charge is 0.273 e. The van der Waals surface area contributed by atoms with Crippen molar-refractivity contribution in [2.24, 2.45) is 0 Å². The lowest BCUT2D eigenvalue weighted by Crippen LogP contribution is -2.02. The van der Waals surface area contributed by atoms with E-state index in [1.54, 1.807) is 23.9 Å². The Kier molecular flexibility index (Phi) is 8.02. The van der Waals surface area contributed by atoms with E-state index in [0.29, 0.717) is 43.0 Å². The quantitative estimate of drug-likeness (QED) is 0.218. The summed E-state index contributed by atoms with van der Waals surface area (Å²) in [5.74, 6) is 2.05. The molecule has 0 unspecified atom stereocenters. The molecule has 164 valence electrons. The average molecular weight is 525 g/mol. The third-order valence-corrected chi connectivity index (χ3v) is 7.63. The van der Waals surface area contributed by atoms with Gasteiger partial charge in [-0.05, 0) is 42.0 Å². The highest BCUT2D eigenvalue weighted by atomic mass is 35.5. The van der Waals surface area contributed by atoms with Gasteiger partial charge in [0.05, 0.1) is 5.75 Å². The molecule has 0 saturated carbocycles. The molecule has 0 aliphatic rings. The minimum absolute atomic E-state index is 0.330. The summed E-state index contributed by atoms with van der Waals surface area (Å²) >= 11 is 21.8. The third-order valence-electron chi connectivity index (χ3n) is 4.66. The topological polar surface area (TPSA) is 30.7 Å².